The molecule has 4 atom stereocenters. The van der Waals surface area contributed by atoms with Crippen molar-refractivity contribution in [2.24, 2.45) is 17.8 Å². The quantitative estimate of drug-likeness (QED) is 0.172. The van der Waals surface area contributed by atoms with E-state index in [0.29, 0.717) is 47.4 Å². The molecular formula is C30H41ClN6O5S. The van der Waals surface area contributed by atoms with Crippen molar-refractivity contribution in [1.29, 1.82) is 0 Å². The zero-order valence-corrected chi connectivity index (χ0v) is 26.6. The molecule has 0 unspecified atom stereocenters. The first-order valence-electron chi connectivity index (χ1n) is 14.6. The third-order valence-electron chi connectivity index (χ3n) is 7.54. The molecule has 0 aromatic carbocycles. The lowest BCUT2D eigenvalue weighted by molar-refractivity contribution is 0.0737. The molecule has 2 saturated carbocycles. The number of ether oxygens (including phenoxy) is 1. The molecule has 0 aliphatic heterocycles. The maximum absolute atomic E-state index is 13.6. The van der Waals surface area contributed by atoms with Crippen LogP contribution in [-0.4, -0.2) is 80.1 Å². The molecule has 0 radical (unpaired) electrons. The summed E-state index contributed by atoms with van der Waals surface area (Å²) in [4.78, 5) is 22.1. The van der Waals surface area contributed by atoms with Gasteiger partial charge in [0.15, 0.2) is 0 Å². The lowest BCUT2D eigenvalue weighted by Crippen LogP contribution is -2.50. The Kier molecular flexibility index (Phi) is 11.1. The summed E-state index contributed by atoms with van der Waals surface area (Å²) in [5, 5.41) is 20.0. The largest absolute Gasteiger partial charge is 0.490 e. The van der Waals surface area contributed by atoms with Gasteiger partial charge in [-0.1, -0.05) is 30.4 Å². The highest BCUT2D eigenvalue weighted by Gasteiger charge is 2.32. The Balaban J connectivity index is 1.52. The number of pyridine rings is 2. The van der Waals surface area contributed by atoms with E-state index in [9.17, 15) is 18.3 Å². The molecule has 4 N–H and O–H groups in total. The van der Waals surface area contributed by atoms with Crippen LogP contribution in [0.25, 0.3) is 0 Å². The molecule has 4 rings (SSSR count). The van der Waals surface area contributed by atoms with Crippen molar-refractivity contribution in [2.45, 2.75) is 57.4 Å². The third-order valence-corrected chi connectivity index (χ3v) is 9.88. The van der Waals surface area contributed by atoms with Crippen molar-refractivity contribution >= 4 is 39.2 Å². The summed E-state index contributed by atoms with van der Waals surface area (Å²) in [7, 11) is -2.28. The molecule has 2 heterocycles. The Labute approximate surface area is 259 Å². The van der Waals surface area contributed by atoms with E-state index in [0.717, 1.165) is 23.6 Å². The molecule has 234 valence electrons. The first kappa shape index (κ1) is 32.8. The van der Waals surface area contributed by atoms with Crippen molar-refractivity contribution in [3.05, 3.63) is 41.2 Å². The monoisotopic (exact) mass is 632 g/mol. The summed E-state index contributed by atoms with van der Waals surface area (Å²) >= 11 is 6.03. The minimum Gasteiger partial charge on any atom is -0.490 e. The van der Waals surface area contributed by atoms with Gasteiger partial charge in [-0.15, -0.1) is 0 Å². The van der Waals surface area contributed by atoms with Crippen LogP contribution in [0.3, 0.4) is 0 Å². The number of nitrogens with one attached hydrogen (secondary N) is 3. The molecule has 1 amide bonds. The number of halogens is 1. The van der Waals surface area contributed by atoms with Crippen LogP contribution < -0.4 is 25.0 Å². The van der Waals surface area contributed by atoms with Gasteiger partial charge in [-0.2, -0.15) is 0 Å². The summed E-state index contributed by atoms with van der Waals surface area (Å²) < 4.78 is 32.8. The number of rotatable bonds is 15. The lowest BCUT2D eigenvalue weighted by Gasteiger charge is -2.25. The van der Waals surface area contributed by atoms with Crippen LogP contribution in [0.5, 0.6) is 5.75 Å². The van der Waals surface area contributed by atoms with E-state index in [4.69, 9.17) is 16.3 Å². The van der Waals surface area contributed by atoms with Crippen molar-refractivity contribution in [2.75, 3.05) is 42.9 Å². The number of aliphatic hydroxyl groups is 1. The van der Waals surface area contributed by atoms with Gasteiger partial charge in [0.1, 0.15) is 24.0 Å². The van der Waals surface area contributed by atoms with Gasteiger partial charge in [0.2, 0.25) is 10.0 Å². The van der Waals surface area contributed by atoms with E-state index in [1.54, 1.807) is 26.0 Å². The number of sulfonamides is 1. The first-order chi connectivity index (χ1) is 20.4. The average Bonchev–Trinajstić information content (AvgIpc) is 3.91. The SMILES string of the molecule is CC(C)S(=O)(=O)N(C)c1cc(C(=O)N[C@@H](COc2cncc(Cl)c2)[C@H](O)CNCC#CC2CC2)cc(NC[C@H]2C[C@@H]2C)n1. The Morgan fingerprint density at radius 1 is 1.26 bits per heavy atom. The summed E-state index contributed by atoms with van der Waals surface area (Å²) in [5.74, 6) is 8.17. The van der Waals surface area contributed by atoms with E-state index in [1.807, 2.05) is 0 Å². The van der Waals surface area contributed by atoms with Gasteiger partial charge < -0.3 is 25.8 Å². The topological polar surface area (TPSA) is 146 Å². The fourth-order valence-corrected chi connectivity index (χ4v) is 5.42. The zero-order chi connectivity index (χ0) is 31.1. The second kappa shape index (κ2) is 14.6. The van der Waals surface area contributed by atoms with Crippen molar-refractivity contribution in [3.63, 3.8) is 0 Å². The molecule has 43 heavy (non-hydrogen) atoms. The summed E-state index contributed by atoms with van der Waals surface area (Å²) in [6, 6.07) is 3.76. The molecule has 2 aliphatic carbocycles. The standard InChI is InChI=1S/C30H41ClN6O5S/c1-19(2)43(40,41)37(4)29-12-22(11-28(36-29)34-14-23-10-20(23)3)30(39)35-26(18-42-25-13-24(31)15-33-16-25)27(38)17-32-9-5-6-21-7-8-21/h11-13,15-16,19-21,23,26-27,32,38H,7-10,14,17-18H2,1-4H3,(H,34,36)(H,35,39)/t20-,23+,26-,27+/m0/s1. The Hall–Kier alpha value is -3.11. The van der Waals surface area contributed by atoms with E-state index in [-0.39, 0.29) is 24.5 Å². The third kappa shape index (κ3) is 9.69. The van der Waals surface area contributed by atoms with Crippen LogP contribution in [0.1, 0.15) is 50.4 Å². The van der Waals surface area contributed by atoms with Crippen LogP contribution in [0.15, 0.2) is 30.6 Å². The molecule has 2 aromatic rings. The van der Waals surface area contributed by atoms with Gasteiger partial charge in [0.05, 0.1) is 35.2 Å². The van der Waals surface area contributed by atoms with Crippen LogP contribution in [-0.2, 0) is 10.0 Å². The number of aromatic nitrogens is 2. The molecule has 0 saturated heterocycles. The van der Waals surface area contributed by atoms with Gasteiger partial charge in [-0.05, 0) is 57.1 Å². The minimum atomic E-state index is -3.70. The lowest BCUT2D eigenvalue weighted by atomic mass is 10.1. The number of anilines is 2. The smallest absolute Gasteiger partial charge is 0.251 e. The highest BCUT2D eigenvalue weighted by atomic mass is 35.5. The van der Waals surface area contributed by atoms with E-state index in [1.165, 1.54) is 25.5 Å². The Bertz CT molecular complexity index is 1440. The van der Waals surface area contributed by atoms with Crippen LogP contribution >= 0.6 is 11.6 Å². The fraction of sp³-hybridized carbons (Fsp3) is 0.567. The van der Waals surface area contributed by atoms with Crippen LogP contribution in [0, 0.1) is 29.6 Å². The molecule has 2 aliphatic rings. The Morgan fingerprint density at radius 2 is 2.00 bits per heavy atom. The summed E-state index contributed by atoms with van der Waals surface area (Å²) in [6.45, 7) is 6.49. The van der Waals surface area contributed by atoms with E-state index < -0.39 is 33.3 Å². The van der Waals surface area contributed by atoms with E-state index in [2.05, 4.69) is 44.7 Å². The molecule has 2 fully saturated rings. The molecular weight excluding hydrogens is 592 g/mol. The molecule has 0 bridgehead atoms. The number of hydrogen-bond donors (Lipinski definition) is 4. The van der Waals surface area contributed by atoms with Crippen molar-refractivity contribution in [1.82, 2.24) is 20.6 Å². The molecule has 2 aromatic heterocycles. The normalized spacial score (nSPS) is 19.1. The van der Waals surface area contributed by atoms with Crippen LogP contribution in [0.2, 0.25) is 5.02 Å². The predicted octanol–water partition coefficient (Wildman–Crippen LogP) is 2.91. The van der Waals surface area contributed by atoms with Gasteiger partial charge in [0, 0.05) is 43.9 Å². The summed E-state index contributed by atoms with van der Waals surface area (Å²) in [5.41, 5.74) is 0.187. The average molecular weight is 633 g/mol. The number of carbonyl (C=O) groups excluding carboxylic acids is 1. The molecule has 0 spiro atoms. The maximum atomic E-state index is 13.6. The maximum Gasteiger partial charge on any atom is 0.251 e. The minimum absolute atomic E-state index is 0.0748. The molecule has 13 heteroatoms. The second-order valence-corrected chi connectivity index (χ2v) is 14.5. The predicted molar refractivity (Wildman–Crippen MR) is 168 cm³/mol. The van der Waals surface area contributed by atoms with E-state index >= 15 is 0 Å². The van der Waals surface area contributed by atoms with Gasteiger partial charge in [-0.25, -0.2) is 13.4 Å². The number of amides is 1. The highest BCUT2D eigenvalue weighted by molar-refractivity contribution is 7.93. The first-order valence-corrected chi connectivity index (χ1v) is 16.5. The fourth-order valence-electron chi connectivity index (χ4n) is 4.27. The number of aliphatic hydroxyl groups excluding tert-OH is 1. The van der Waals surface area contributed by atoms with Crippen LogP contribution in [0.4, 0.5) is 11.6 Å². The van der Waals surface area contributed by atoms with Gasteiger partial charge in [0.25, 0.3) is 5.91 Å². The second-order valence-electron chi connectivity index (χ2n) is 11.5. The highest BCUT2D eigenvalue weighted by Crippen LogP contribution is 2.37. The van der Waals surface area contributed by atoms with Crippen molar-refractivity contribution in [3.8, 4) is 17.6 Å². The number of nitrogens with zero attached hydrogens (tertiary/aromatic N) is 3. The van der Waals surface area contributed by atoms with Gasteiger partial charge >= 0.3 is 0 Å². The number of hydrogen-bond acceptors (Lipinski definition) is 9. The number of carbonyl (C=O) groups is 1. The molecule has 11 nitrogen and oxygen atoms in total. The Morgan fingerprint density at radius 3 is 2.65 bits per heavy atom. The van der Waals surface area contributed by atoms with Gasteiger partial charge in [-0.3, -0.25) is 14.1 Å². The summed E-state index contributed by atoms with van der Waals surface area (Å²) in [6.07, 6.45) is 5.30. The zero-order valence-electron chi connectivity index (χ0n) is 25.0. The van der Waals surface area contributed by atoms with Crippen molar-refractivity contribution < 1.29 is 23.1 Å².